The minimum atomic E-state index is -3.54. The normalized spacial score (nSPS) is 13.3. The molecule has 0 heterocycles. The van der Waals surface area contributed by atoms with Crippen molar-refractivity contribution in [2.24, 2.45) is 5.14 Å². The van der Waals surface area contributed by atoms with Gasteiger partial charge in [0.25, 0.3) is 0 Å². The van der Waals surface area contributed by atoms with Gasteiger partial charge in [-0.15, -0.1) is 0 Å². The van der Waals surface area contributed by atoms with Crippen LogP contribution in [0.4, 0.5) is 0 Å². The summed E-state index contributed by atoms with van der Waals surface area (Å²) < 4.78 is 51.4. The molecular formula is C22H38Ge2N2O4S2. The van der Waals surface area contributed by atoms with E-state index in [1.54, 1.807) is 24.3 Å². The van der Waals surface area contributed by atoms with Crippen molar-refractivity contribution in [1.29, 1.82) is 0 Å². The molecule has 2 aromatic carbocycles. The Hall–Kier alpha value is -0.654. The molecule has 0 aliphatic heterocycles. The summed E-state index contributed by atoms with van der Waals surface area (Å²) in [4.78, 5) is 0.528. The van der Waals surface area contributed by atoms with E-state index in [4.69, 9.17) is 5.14 Å². The molecule has 10 heteroatoms. The second-order valence-corrected chi connectivity index (χ2v) is 35.5. The molecular weight excluding hydrogens is 566 g/mol. The number of sulfonamides is 2. The van der Waals surface area contributed by atoms with Crippen LogP contribution in [0.25, 0.3) is 0 Å². The number of nitrogens with two attached hydrogens (primary N) is 1. The van der Waals surface area contributed by atoms with E-state index in [0.717, 1.165) is 0 Å². The van der Waals surface area contributed by atoms with E-state index >= 15 is 0 Å². The fourth-order valence-corrected chi connectivity index (χ4v) is 9.57. The van der Waals surface area contributed by atoms with Gasteiger partial charge in [-0.2, -0.15) is 0 Å². The van der Waals surface area contributed by atoms with Gasteiger partial charge in [0, 0.05) is 0 Å². The Balaban J connectivity index is 0.000000330. The molecule has 0 saturated carbocycles. The Morgan fingerprint density at radius 1 is 0.656 bits per heavy atom. The summed E-state index contributed by atoms with van der Waals surface area (Å²) in [5, 5.41) is 5.00. The van der Waals surface area contributed by atoms with E-state index in [9.17, 15) is 16.8 Å². The number of benzene rings is 2. The number of hydrogen-bond acceptors (Lipinski definition) is 4. The maximum atomic E-state index is 12.1. The fraction of sp³-hybridized carbons (Fsp3) is 0.455. The van der Waals surface area contributed by atoms with E-state index in [2.05, 4.69) is 39.3 Å². The van der Waals surface area contributed by atoms with Crippen molar-refractivity contribution in [1.82, 2.24) is 4.72 Å². The molecule has 0 aliphatic rings. The van der Waals surface area contributed by atoms with Crippen LogP contribution in [-0.4, -0.2) is 48.9 Å². The number of nitrogens with one attached hydrogen (secondary N) is 1. The molecule has 0 aromatic heterocycles. The fourth-order valence-electron chi connectivity index (χ4n) is 2.74. The van der Waals surface area contributed by atoms with Gasteiger partial charge in [0.05, 0.1) is 0 Å². The third-order valence-corrected chi connectivity index (χ3v) is 15.9. The molecule has 2 aromatic rings. The van der Waals surface area contributed by atoms with Crippen LogP contribution in [0.15, 0.2) is 58.3 Å². The Morgan fingerprint density at radius 3 is 1.22 bits per heavy atom. The Bertz CT molecular complexity index is 1110. The first-order chi connectivity index (χ1) is 14.1. The molecule has 0 unspecified atom stereocenters. The van der Waals surface area contributed by atoms with Crippen molar-refractivity contribution in [2.75, 3.05) is 0 Å². The van der Waals surface area contributed by atoms with Crippen molar-refractivity contribution in [3.63, 3.8) is 0 Å². The average Bonchev–Trinajstić information content (AvgIpc) is 2.58. The molecule has 2 rings (SSSR count). The first kappa shape index (κ1) is 29.4. The molecule has 180 valence electrons. The van der Waals surface area contributed by atoms with Gasteiger partial charge in [-0.1, -0.05) is 0 Å². The summed E-state index contributed by atoms with van der Waals surface area (Å²) in [5.74, 6) is 13.6. The van der Waals surface area contributed by atoms with Gasteiger partial charge >= 0.3 is 201 Å². The van der Waals surface area contributed by atoms with E-state index in [1.807, 2.05) is 45.0 Å². The van der Waals surface area contributed by atoms with Gasteiger partial charge in [-0.05, 0) is 0 Å². The van der Waals surface area contributed by atoms with Crippen molar-refractivity contribution < 1.29 is 16.8 Å². The number of primary sulfonamides is 1. The Morgan fingerprint density at radius 2 is 0.969 bits per heavy atom. The van der Waals surface area contributed by atoms with Crippen molar-refractivity contribution >= 4 is 55.4 Å². The van der Waals surface area contributed by atoms with Crippen LogP contribution in [0.3, 0.4) is 0 Å². The monoisotopic (exact) mass is 606 g/mol. The van der Waals surface area contributed by atoms with Crippen LogP contribution in [0.5, 0.6) is 0 Å². The molecule has 0 fully saturated rings. The van der Waals surface area contributed by atoms with Gasteiger partial charge in [0.2, 0.25) is 0 Å². The second-order valence-electron chi connectivity index (χ2n) is 10.9. The molecule has 32 heavy (non-hydrogen) atoms. The van der Waals surface area contributed by atoms with E-state index in [-0.39, 0.29) is 4.90 Å². The zero-order valence-electron chi connectivity index (χ0n) is 20.6. The van der Waals surface area contributed by atoms with Crippen LogP contribution in [0, 0.1) is 0 Å². The first-order valence-corrected chi connectivity index (χ1v) is 28.1. The van der Waals surface area contributed by atoms with Gasteiger partial charge in [-0.25, -0.2) is 0 Å². The zero-order chi connectivity index (χ0) is 25.2. The molecule has 6 nitrogen and oxygen atoms in total. The third kappa shape index (κ3) is 9.68. The number of rotatable bonds is 5. The molecule has 0 spiro atoms. The third-order valence-electron chi connectivity index (χ3n) is 4.52. The van der Waals surface area contributed by atoms with E-state index in [1.165, 1.54) is 8.79 Å². The molecule has 3 N–H and O–H groups in total. The standard InChI is InChI=1S/C13H23GeNO2S.C9H15GeNO2S/c1-13(2,3)15-18(16,17)12-9-7-11(8-10-12)14(4,5)6;1-10(2,3)8-4-6-9(7-5-8)14(11,12)13/h7-10,15H,1-6H3;4-7H,1-3H3,(H2,11,12,13). The molecule has 0 amide bonds. The number of hydrogen-bond donors (Lipinski definition) is 2. The first-order valence-electron chi connectivity index (χ1n) is 10.4. The van der Waals surface area contributed by atoms with Crippen molar-refractivity contribution in [3.8, 4) is 0 Å². The van der Waals surface area contributed by atoms with Crippen molar-refractivity contribution in [3.05, 3.63) is 48.5 Å². The average molecular weight is 604 g/mol. The van der Waals surface area contributed by atoms with Gasteiger partial charge < -0.3 is 0 Å². The van der Waals surface area contributed by atoms with Gasteiger partial charge in [0.1, 0.15) is 0 Å². The Labute approximate surface area is 200 Å². The zero-order valence-corrected chi connectivity index (χ0v) is 26.5. The second kappa shape index (κ2) is 10.3. The topological polar surface area (TPSA) is 106 Å². The predicted octanol–water partition coefficient (Wildman–Crippen LogP) is 3.19. The molecule has 0 atom stereocenters. The van der Waals surface area contributed by atoms with Crippen LogP contribution >= 0.6 is 0 Å². The summed E-state index contributed by atoms with van der Waals surface area (Å²) in [6.07, 6.45) is 0. The predicted molar refractivity (Wildman–Crippen MR) is 140 cm³/mol. The van der Waals surface area contributed by atoms with Crippen LogP contribution in [0.1, 0.15) is 20.8 Å². The SMILES string of the molecule is CC(C)(C)NS(=O)(=O)c1cc[c]([Ge]([CH3])([CH3])[CH3])cc1.[CH3][Ge]([CH3])([CH3])[c]1ccc(S(N)(=O)=O)cc1. The van der Waals surface area contributed by atoms with Crippen LogP contribution in [-0.2, 0) is 20.0 Å². The maximum absolute atomic E-state index is 12.1. The molecule has 0 bridgehead atoms. The summed E-state index contributed by atoms with van der Waals surface area (Å²) in [6, 6.07) is 14.2. The summed E-state index contributed by atoms with van der Waals surface area (Å²) in [7, 11) is -6.95. The quantitative estimate of drug-likeness (QED) is 0.512. The molecule has 0 radical (unpaired) electrons. The Kier molecular flexibility index (Phi) is 9.47. The minimum absolute atomic E-state index is 0.188. The summed E-state index contributed by atoms with van der Waals surface area (Å²) in [6.45, 7) is 5.51. The molecule has 0 aliphatic carbocycles. The summed E-state index contributed by atoms with van der Waals surface area (Å²) in [5.41, 5.74) is -0.459. The van der Waals surface area contributed by atoms with Crippen LogP contribution in [0.2, 0.25) is 34.5 Å². The van der Waals surface area contributed by atoms with Gasteiger partial charge in [-0.3, -0.25) is 0 Å². The van der Waals surface area contributed by atoms with Gasteiger partial charge in [0.15, 0.2) is 0 Å². The van der Waals surface area contributed by atoms with Crippen molar-refractivity contribution in [2.45, 2.75) is 70.6 Å². The van der Waals surface area contributed by atoms with Crippen LogP contribution < -0.4 is 18.7 Å². The van der Waals surface area contributed by atoms with E-state index in [0.29, 0.717) is 4.90 Å². The van der Waals surface area contributed by atoms with E-state index < -0.39 is 52.1 Å². The summed E-state index contributed by atoms with van der Waals surface area (Å²) >= 11 is -3.70. The molecule has 0 saturated heterocycles.